The lowest BCUT2D eigenvalue weighted by Gasteiger charge is -2.09. The van der Waals surface area contributed by atoms with Gasteiger partial charge in [0.2, 0.25) is 0 Å². The summed E-state index contributed by atoms with van der Waals surface area (Å²) in [7, 11) is 0. The van der Waals surface area contributed by atoms with Gasteiger partial charge >= 0.3 is 0 Å². The first-order valence-corrected chi connectivity index (χ1v) is 5.54. The van der Waals surface area contributed by atoms with E-state index in [1.54, 1.807) is 24.3 Å². The monoisotopic (exact) mass is 249 g/mol. The van der Waals surface area contributed by atoms with E-state index in [1.807, 2.05) is 6.92 Å². The van der Waals surface area contributed by atoms with Crippen molar-refractivity contribution in [3.63, 3.8) is 0 Å². The standard InChI is InChI=1S/C14H13F2NO/c1-9(17)10-2-5-12(6-3-10)18-14-7-4-11(15)8-13(14)16/h2-9H,17H2,1H3/t9-/m1/s1. The largest absolute Gasteiger partial charge is 0.454 e. The van der Waals surface area contributed by atoms with E-state index in [0.717, 1.165) is 17.7 Å². The van der Waals surface area contributed by atoms with Gasteiger partial charge in [0, 0.05) is 12.1 Å². The maximum Gasteiger partial charge on any atom is 0.168 e. The maximum absolute atomic E-state index is 13.4. The van der Waals surface area contributed by atoms with Crippen LogP contribution in [0.5, 0.6) is 11.5 Å². The Morgan fingerprint density at radius 3 is 2.28 bits per heavy atom. The Balaban J connectivity index is 2.18. The number of hydrogen-bond donors (Lipinski definition) is 1. The molecule has 0 spiro atoms. The van der Waals surface area contributed by atoms with Crippen molar-refractivity contribution in [1.29, 1.82) is 0 Å². The topological polar surface area (TPSA) is 35.2 Å². The highest BCUT2D eigenvalue weighted by Crippen LogP contribution is 2.25. The highest BCUT2D eigenvalue weighted by molar-refractivity contribution is 5.34. The average molecular weight is 249 g/mol. The normalized spacial score (nSPS) is 12.2. The molecule has 2 aromatic rings. The van der Waals surface area contributed by atoms with Crippen LogP contribution >= 0.6 is 0 Å². The van der Waals surface area contributed by atoms with Crippen molar-refractivity contribution in [3.8, 4) is 11.5 Å². The van der Waals surface area contributed by atoms with Crippen LogP contribution in [-0.4, -0.2) is 0 Å². The van der Waals surface area contributed by atoms with Crippen LogP contribution in [0.1, 0.15) is 18.5 Å². The van der Waals surface area contributed by atoms with Crippen molar-refractivity contribution < 1.29 is 13.5 Å². The second kappa shape index (κ2) is 5.14. The zero-order valence-corrected chi connectivity index (χ0v) is 9.86. The van der Waals surface area contributed by atoms with Crippen molar-refractivity contribution in [1.82, 2.24) is 0 Å². The highest BCUT2D eigenvalue weighted by atomic mass is 19.1. The van der Waals surface area contributed by atoms with Gasteiger partial charge in [-0.2, -0.15) is 0 Å². The van der Waals surface area contributed by atoms with E-state index in [9.17, 15) is 8.78 Å². The van der Waals surface area contributed by atoms with Gasteiger partial charge in [-0.1, -0.05) is 12.1 Å². The molecule has 18 heavy (non-hydrogen) atoms. The Morgan fingerprint density at radius 2 is 1.72 bits per heavy atom. The number of benzene rings is 2. The Morgan fingerprint density at radius 1 is 1.06 bits per heavy atom. The minimum Gasteiger partial charge on any atom is -0.454 e. The summed E-state index contributed by atoms with van der Waals surface area (Å²) in [5, 5.41) is 0. The summed E-state index contributed by atoms with van der Waals surface area (Å²) in [5.74, 6) is -0.895. The summed E-state index contributed by atoms with van der Waals surface area (Å²) < 4.78 is 31.4. The lowest BCUT2D eigenvalue weighted by atomic mass is 10.1. The lowest BCUT2D eigenvalue weighted by Crippen LogP contribution is -2.04. The summed E-state index contributed by atoms with van der Waals surface area (Å²) in [6.45, 7) is 1.87. The molecule has 2 rings (SSSR count). The van der Waals surface area contributed by atoms with Crippen LogP contribution in [0.15, 0.2) is 42.5 Å². The van der Waals surface area contributed by atoms with E-state index in [1.165, 1.54) is 6.07 Å². The van der Waals surface area contributed by atoms with E-state index in [0.29, 0.717) is 5.75 Å². The molecule has 0 bridgehead atoms. The zero-order valence-electron chi connectivity index (χ0n) is 9.86. The Hall–Kier alpha value is -1.94. The molecule has 94 valence electrons. The molecule has 0 aliphatic carbocycles. The first kappa shape index (κ1) is 12.5. The Kier molecular flexibility index (Phi) is 3.58. The van der Waals surface area contributed by atoms with Gasteiger partial charge < -0.3 is 10.5 Å². The highest BCUT2D eigenvalue weighted by Gasteiger charge is 2.06. The summed E-state index contributed by atoms with van der Waals surface area (Å²) >= 11 is 0. The third kappa shape index (κ3) is 2.84. The van der Waals surface area contributed by atoms with E-state index in [4.69, 9.17) is 10.5 Å². The first-order valence-electron chi connectivity index (χ1n) is 5.54. The van der Waals surface area contributed by atoms with E-state index in [-0.39, 0.29) is 11.8 Å². The predicted octanol–water partition coefficient (Wildman–Crippen LogP) is 3.78. The number of halogens is 2. The molecule has 0 aliphatic rings. The molecule has 2 nitrogen and oxygen atoms in total. The maximum atomic E-state index is 13.4. The van der Waals surface area contributed by atoms with Crippen LogP contribution in [0, 0.1) is 11.6 Å². The van der Waals surface area contributed by atoms with E-state index in [2.05, 4.69) is 0 Å². The van der Waals surface area contributed by atoms with Gasteiger partial charge in [-0.15, -0.1) is 0 Å². The van der Waals surface area contributed by atoms with Crippen LogP contribution in [0.2, 0.25) is 0 Å². The molecule has 2 N–H and O–H groups in total. The molecule has 0 amide bonds. The van der Waals surface area contributed by atoms with Crippen LogP contribution in [0.3, 0.4) is 0 Å². The third-order valence-electron chi connectivity index (χ3n) is 2.53. The van der Waals surface area contributed by atoms with Gasteiger partial charge in [-0.05, 0) is 36.8 Å². The summed E-state index contributed by atoms with van der Waals surface area (Å²) in [4.78, 5) is 0. The first-order chi connectivity index (χ1) is 8.56. The average Bonchev–Trinajstić information content (AvgIpc) is 2.33. The molecule has 4 heteroatoms. The molecule has 0 radical (unpaired) electrons. The second-order valence-electron chi connectivity index (χ2n) is 4.03. The number of ether oxygens (including phenoxy) is 1. The summed E-state index contributed by atoms with van der Waals surface area (Å²) in [6, 6.07) is 10.1. The molecular weight excluding hydrogens is 236 g/mol. The van der Waals surface area contributed by atoms with E-state index < -0.39 is 11.6 Å². The molecule has 1 atom stereocenters. The fraction of sp³-hybridized carbons (Fsp3) is 0.143. The minimum absolute atomic E-state index is 0.00931. The Labute approximate surface area is 104 Å². The minimum atomic E-state index is -0.730. The van der Waals surface area contributed by atoms with Crippen molar-refractivity contribution >= 4 is 0 Å². The quantitative estimate of drug-likeness (QED) is 0.898. The lowest BCUT2D eigenvalue weighted by molar-refractivity contribution is 0.437. The van der Waals surface area contributed by atoms with Crippen LogP contribution in [-0.2, 0) is 0 Å². The van der Waals surface area contributed by atoms with Gasteiger partial charge in [-0.3, -0.25) is 0 Å². The zero-order chi connectivity index (χ0) is 13.1. The fourth-order valence-corrected chi connectivity index (χ4v) is 1.52. The predicted molar refractivity (Wildman–Crippen MR) is 65.5 cm³/mol. The smallest absolute Gasteiger partial charge is 0.168 e. The molecule has 0 fully saturated rings. The Bertz CT molecular complexity index is 538. The van der Waals surface area contributed by atoms with Gasteiger partial charge in [0.25, 0.3) is 0 Å². The summed E-state index contributed by atoms with van der Waals surface area (Å²) in [6.07, 6.45) is 0. The van der Waals surface area contributed by atoms with Gasteiger partial charge in [0.05, 0.1) is 0 Å². The SMILES string of the molecule is C[C@@H](N)c1ccc(Oc2ccc(F)cc2F)cc1. The molecular formula is C14H13F2NO. The van der Waals surface area contributed by atoms with Crippen molar-refractivity contribution in [3.05, 3.63) is 59.7 Å². The molecule has 0 unspecified atom stereocenters. The molecule has 2 aromatic carbocycles. The molecule has 0 saturated carbocycles. The van der Waals surface area contributed by atoms with Crippen molar-refractivity contribution in [2.24, 2.45) is 5.73 Å². The van der Waals surface area contributed by atoms with Crippen LogP contribution < -0.4 is 10.5 Å². The number of nitrogens with two attached hydrogens (primary N) is 1. The number of hydrogen-bond acceptors (Lipinski definition) is 2. The second-order valence-corrected chi connectivity index (χ2v) is 4.03. The summed E-state index contributed by atoms with van der Waals surface area (Å²) in [5.41, 5.74) is 6.67. The van der Waals surface area contributed by atoms with Crippen LogP contribution in [0.4, 0.5) is 8.78 Å². The molecule has 0 saturated heterocycles. The van der Waals surface area contributed by atoms with E-state index >= 15 is 0 Å². The number of rotatable bonds is 3. The van der Waals surface area contributed by atoms with Gasteiger partial charge in [-0.25, -0.2) is 8.78 Å². The molecule has 0 aliphatic heterocycles. The van der Waals surface area contributed by atoms with Gasteiger partial charge in [0.15, 0.2) is 11.6 Å². The van der Waals surface area contributed by atoms with Crippen LogP contribution in [0.25, 0.3) is 0 Å². The fourth-order valence-electron chi connectivity index (χ4n) is 1.52. The van der Waals surface area contributed by atoms with Crippen molar-refractivity contribution in [2.45, 2.75) is 13.0 Å². The van der Waals surface area contributed by atoms with Gasteiger partial charge in [0.1, 0.15) is 11.6 Å². The molecule has 0 aromatic heterocycles. The third-order valence-corrected chi connectivity index (χ3v) is 2.53. The van der Waals surface area contributed by atoms with Crippen molar-refractivity contribution in [2.75, 3.05) is 0 Å². The molecule has 0 heterocycles.